The van der Waals surface area contributed by atoms with E-state index >= 15 is 0 Å². The minimum atomic E-state index is -0.295. The molecule has 2 aromatic rings. The fourth-order valence-electron chi connectivity index (χ4n) is 2.47. The van der Waals surface area contributed by atoms with Crippen LogP contribution in [0.4, 0.5) is 10.5 Å². The maximum absolute atomic E-state index is 12.3. The lowest BCUT2D eigenvalue weighted by atomic mass is 10.0. The molecule has 2 amide bonds. The van der Waals surface area contributed by atoms with Gasteiger partial charge in [-0.25, -0.2) is 4.79 Å². The molecule has 128 valence electrons. The molecule has 1 atom stereocenters. The summed E-state index contributed by atoms with van der Waals surface area (Å²) in [4.78, 5) is 12.3. The summed E-state index contributed by atoms with van der Waals surface area (Å²) in [5.74, 6) is 1.40. The Bertz CT molecular complexity index is 701. The van der Waals surface area contributed by atoms with Crippen LogP contribution in [0.15, 0.2) is 42.5 Å². The molecule has 0 aliphatic heterocycles. The molecule has 5 heteroatoms. The van der Waals surface area contributed by atoms with Gasteiger partial charge in [-0.3, -0.25) is 0 Å². The zero-order chi connectivity index (χ0) is 17.5. The van der Waals surface area contributed by atoms with Gasteiger partial charge in [0.2, 0.25) is 0 Å². The van der Waals surface area contributed by atoms with E-state index in [-0.39, 0.29) is 12.1 Å². The molecule has 0 saturated carbocycles. The first-order chi connectivity index (χ1) is 11.5. The van der Waals surface area contributed by atoms with Gasteiger partial charge in [0.1, 0.15) is 11.5 Å². The van der Waals surface area contributed by atoms with Crippen LogP contribution in [0.5, 0.6) is 11.5 Å². The Morgan fingerprint density at radius 1 is 1.17 bits per heavy atom. The van der Waals surface area contributed by atoms with Crippen LogP contribution in [-0.4, -0.2) is 19.7 Å². The van der Waals surface area contributed by atoms with Crippen LogP contribution in [-0.2, 0) is 0 Å². The molecule has 0 radical (unpaired) electrons. The van der Waals surface area contributed by atoms with Gasteiger partial charge in [0.15, 0.2) is 0 Å². The third kappa shape index (κ3) is 4.41. The van der Waals surface area contributed by atoms with Gasteiger partial charge in [0.25, 0.3) is 0 Å². The van der Waals surface area contributed by atoms with Gasteiger partial charge in [0.05, 0.1) is 25.4 Å². The van der Waals surface area contributed by atoms with Crippen molar-refractivity contribution in [2.75, 3.05) is 19.0 Å². The molecule has 2 rings (SSSR count). The second-order valence-electron chi connectivity index (χ2n) is 5.49. The van der Waals surface area contributed by atoms with Crippen molar-refractivity contribution in [2.45, 2.75) is 26.8 Å². The van der Waals surface area contributed by atoms with Crippen molar-refractivity contribution >= 4 is 11.7 Å². The topological polar surface area (TPSA) is 59.6 Å². The average molecular weight is 328 g/mol. The highest BCUT2D eigenvalue weighted by Gasteiger charge is 2.15. The lowest BCUT2D eigenvalue weighted by molar-refractivity contribution is 0.249. The number of aryl methyl sites for hydroxylation is 1. The number of hydrogen-bond acceptors (Lipinski definition) is 3. The van der Waals surface area contributed by atoms with E-state index in [1.54, 1.807) is 19.2 Å². The molecule has 0 spiro atoms. The van der Waals surface area contributed by atoms with E-state index in [0.29, 0.717) is 18.0 Å². The molecule has 0 aliphatic rings. The lowest BCUT2D eigenvalue weighted by Gasteiger charge is -2.19. The van der Waals surface area contributed by atoms with Crippen molar-refractivity contribution in [3.63, 3.8) is 0 Å². The minimum absolute atomic E-state index is 0.193. The maximum atomic E-state index is 12.3. The average Bonchev–Trinajstić information content (AvgIpc) is 2.57. The summed E-state index contributed by atoms with van der Waals surface area (Å²) >= 11 is 0. The molecular formula is C19H24N2O3. The molecule has 0 bridgehead atoms. The van der Waals surface area contributed by atoms with Gasteiger partial charge < -0.3 is 20.1 Å². The first-order valence-corrected chi connectivity index (χ1v) is 7.99. The fraction of sp³-hybridized carbons (Fsp3) is 0.316. The highest BCUT2D eigenvalue weighted by molar-refractivity contribution is 5.91. The molecule has 0 fully saturated rings. The van der Waals surface area contributed by atoms with Crippen LogP contribution >= 0.6 is 0 Å². The van der Waals surface area contributed by atoms with Crippen LogP contribution in [0.3, 0.4) is 0 Å². The molecule has 1 unspecified atom stereocenters. The van der Waals surface area contributed by atoms with Crippen LogP contribution in [0.25, 0.3) is 0 Å². The van der Waals surface area contributed by atoms with Gasteiger partial charge in [-0.15, -0.1) is 0 Å². The predicted molar refractivity (Wildman–Crippen MR) is 95.9 cm³/mol. The molecule has 0 saturated heterocycles. The Balaban J connectivity index is 2.10. The largest absolute Gasteiger partial charge is 0.495 e. The number of ether oxygens (including phenoxy) is 2. The Hall–Kier alpha value is -2.69. The molecule has 2 N–H and O–H groups in total. The Morgan fingerprint density at radius 3 is 2.62 bits per heavy atom. The minimum Gasteiger partial charge on any atom is -0.495 e. The van der Waals surface area contributed by atoms with Crippen molar-refractivity contribution in [3.8, 4) is 11.5 Å². The van der Waals surface area contributed by atoms with Crippen molar-refractivity contribution in [1.82, 2.24) is 5.32 Å². The molecule has 0 aromatic heterocycles. The molecule has 24 heavy (non-hydrogen) atoms. The quantitative estimate of drug-likeness (QED) is 0.832. The molecular weight excluding hydrogens is 304 g/mol. The molecule has 5 nitrogen and oxygen atoms in total. The van der Waals surface area contributed by atoms with E-state index in [1.165, 1.54) is 0 Å². The summed E-state index contributed by atoms with van der Waals surface area (Å²) in [5.41, 5.74) is 2.69. The van der Waals surface area contributed by atoms with E-state index in [4.69, 9.17) is 9.47 Å². The number of amides is 2. The third-order valence-corrected chi connectivity index (χ3v) is 3.63. The molecule has 2 aromatic carbocycles. The van der Waals surface area contributed by atoms with E-state index in [1.807, 2.05) is 51.1 Å². The predicted octanol–water partition coefficient (Wildman–Crippen LogP) is 4.29. The maximum Gasteiger partial charge on any atom is 0.319 e. The highest BCUT2D eigenvalue weighted by Crippen LogP contribution is 2.27. The van der Waals surface area contributed by atoms with Crippen LogP contribution in [0.1, 0.15) is 31.0 Å². The number of anilines is 1. The SMILES string of the molecule is CCOc1ccc(C)cc1C(C)NC(=O)Nc1ccccc1OC. The van der Waals surface area contributed by atoms with Crippen molar-refractivity contribution in [2.24, 2.45) is 0 Å². The Kier molecular flexibility index (Phi) is 6.07. The van der Waals surface area contributed by atoms with E-state index in [9.17, 15) is 4.79 Å². The lowest BCUT2D eigenvalue weighted by Crippen LogP contribution is -2.31. The van der Waals surface area contributed by atoms with E-state index < -0.39 is 0 Å². The van der Waals surface area contributed by atoms with Crippen molar-refractivity contribution < 1.29 is 14.3 Å². The number of methoxy groups -OCH3 is 1. The number of nitrogens with one attached hydrogen (secondary N) is 2. The zero-order valence-corrected chi connectivity index (χ0v) is 14.6. The first kappa shape index (κ1) is 17.7. The second kappa shape index (κ2) is 8.24. The summed E-state index contributed by atoms with van der Waals surface area (Å²) in [6.45, 7) is 6.46. The fourth-order valence-corrected chi connectivity index (χ4v) is 2.47. The summed E-state index contributed by atoms with van der Waals surface area (Å²) in [6, 6.07) is 12.8. The number of carbonyl (C=O) groups excluding carboxylic acids is 1. The Morgan fingerprint density at radius 2 is 1.92 bits per heavy atom. The van der Waals surface area contributed by atoms with Gasteiger partial charge in [-0.2, -0.15) is 0 Å². The number of carbonyl (C=O) groups is 1. The van der Waals surface area contributed by atoms with Crippen LogP contribution in [0, 0.1) is 6.92 Å². The first-order valence-electron chi connectivity index (χ1n) is 7.99. The smallest absolute Gasteiger partial charge is 0.319 e. The summed E-state index contributed by atoms with van der Waals surface area (Å²) in [5, 5.41) is 5.75. The highest BCUT2D eigenvalue weighted by atomic mass is 16.5. The van der Waals surface area contributed by atoms with E-state index in [2.05, 4.69) is 10.6 Å². The summed E-state index contributed by atoms with van der Waals surface area (Å²) < 4.78 is 10.9. The van der Waals surface area contributed by atoms with Gasteiger partial charge in [-0.05, 0) is 39.0 Å². The molecule has 0 aliphatic carbocycles. The zero-order valence-electron chi connectivity index (χ0n) is 14.6. The van der Waals surface area contributed by atoms with E-state index in [0.717, 1.165) is 16.9 Å². The second-order valence-corrected chi connectivity index (χ2v) is 5.49. The van der Waals surface area contributed by atoms with Crippen molar-refractivity contribution in [1.29, 1.82) is 0 Å². The van der Waals surface area contributed by atoms with Crippen LogP contribution in [0.2, 0.25) is 0 Å². The van der Waals surface area contributed by atoms with Gasteiger partial charge >= 0.3 is 6.03 Å². The third-order valence-electron chi connectivity index (χ3n) is 3.63. The number of para-hydroxylation sites is 2. The van der Waals surface area contributed by atoms with Gasteiger partial charge in [-0.1, -0.05) is 29.8 Å². The number of rotatable bonds is 6. The monoisotopic (exact) mass is 328 g/mol. The number of benzene rings is 2. The summed E-state index contributed by atoms with van der Waals surface area (Å²) in [7, 11) is 1.57. The van der Waals surface area contributed by atoms with Gasteiger partial charge in [0, 0.05) is 5.56 Å². The Labute approximate surface area is 143 Å². The number of urea groups is 1. The summed E-state index contributed by atoms with van der Waals surface area (Å²) in [6.07, 6.45) is 0. The number of hydrogen-bond donors (Lipinski definition) is 2. The van der Waals surface area contributed by atoms with Crippen molar-refractivity contribution in [3.05, 3.63) is 53.6 Å². The standard InChI is InChI=1S/C19H24N2O3/c1-5-24-17-11-10-13(2)12-15(17)14(3)20-19(22)21-16-8-6-7-9-18(16)23-4/h6-12,14H,5H2,1-4H3,(H2,20,21,22). The normalized spacial score (nSPS) is 11.5. The van der Waals surface area contributed by atoms with Crippen LogP contribution < -0.4 is 20.1 Å². The molecule has 0 heterocycles.